The van der Waals surface area contributed by atoms with E-state index in [0.29, 0.717) is 22.7 Å². The summed E-state index contributed by atoms with van der Waals surface area (Å²) in [4.78, 5) is 57.2. The van der Waals surface area contributed by atoms with Gasteiger partial charge in [0.25, 0.3) is 0 Å². The number of nitrogens with zero attached hydrogens (tertiary/aromatic N) is 2. The van der Waals surface area contributed by atoms with E-state index < -0.39 is 17.7 Å². The quantitative estimate of drug-likeness (QED) is 0.284. The minimum atomic E-state index is -0.898. The van der Waals surface area contributed by atoms with Crippen molar-refractivity contribution in [2.45, 2.75) is 0 Å². The zero-order chi connectivity index (χ0) is 24.9. The summed E-state index contributed by atoms with van der Waals surface area (Å²) in [5.74, 6) is -2.04. The van der Waals surface area contributed by atoms with Crippen LogP contribution in [0.5, 0.6) is 5.75 Å². The van der Waals surface area contributed by atoms with Gasteiger partial charge in [0.1, 0.15) is 22.6 Å². The molecule has 1 aromatic carbocycles. The Labute approximate surface area is 198 Å². The zero-order valence-corrected chi connectivity index (χ0v) is 18.9. The van der Waals surface area contributed by atoms with Gasteiger partial charge in [-0.15, -0.1) is 0 Å². The van der Waals surface area contributed by atoms with Crippen LogP contribution in [0.1, 0.15) is 52.7 Å². The summed E-state index contributed by atoms with van der Waals surface area (Å²) < 4.78 is 16.5. The fourth-order valence-electron chi connectivity index (χ4n) is 4.38. The number of hydrogen-bond donors (Lipinski definition) is 0. The fraction of sp³-hybridized carbons (Fsp3) is 0.115. The molecular weight excluding hydrogens is 452 g/mol. The molecule has 0 saturated heterocycles. The number of aromatic nitrogens is 2. The predicted molar refractivity (Wildman–Crippen MR) is 123 cm³/mol. The highest BCUT2D eigenvalue weighted by molar-refractivity contribution is 6.24. The van der Waals surface area contributed by atoms with Gasteiger partial charge in [0.2, 0.25) is 5.78 Å². The molecule has 0 fully saturated rings. The lowest BCUT2D eigenvalue weighted by Gasteiger charge is -2.10. The smallest absolute Gasteiger partial charge is 0.341 e. The van der Waals surface area contributed by atoms with Crippen molar-refractivity contribution in [3.05, 3.63) is 88.2 Å². The summed E-state index contributed by atoms with van der Waals surface area (Å²) in [5, 5.41) is 0. The van der Waals surface area contributed by atoms with Crippen LogP contribution in [0, 0.1) is 0 Å². The molecule has 1 aliphatic rings. The van der Waals surface area contributed by atoms with Gasteiger partial charge in [-0.3, -0.25) is 14.6 Å². The third kappa shape index (κ3) is 3.12. The molecule has 1 aliphatic carbocycles. The molecule has 4 aromatic rings. The molecule has 0 unspecified atom stereocenters. The Morgan fingerprint density at radius 1 is 0.829 bits per heavy atom. The highest BCUT2D eigenvalue weighted by atomic mass is 16.5. The molecule has 0 bridgehead atoms. The average Bonchev–Trinajstić information content (AvgIpc) is 3.40. The van der Waals surface area contributed by atoms with Crippen LogP contribution in [-0.4, -0.2) is 54.2 Å². The van der Waals surface area contributed by atoms with Crippen molar-refractivity contribution < 1.29 is 33.4 Å². The van der Waals surface area contributed by atoms with Crippen LogP contribution in [0.15, 0.2) is 54.7 Å². The van der Waals surface area contributed by atoms with Crippen LogP contribution in [0.25, 0.3) is 16.9 Å². The van der Waals surface area contributed by atoms with Crippen LogP contribution in [0.3, 0.4) is 0 Å². The first-order valence-electron chi connectivity index (χ1n) is 10.5. The molecular formula is C26H18N2O7. The van der Waals surface area contributed by atoms with Crippen LogP contribution < -0.4 is 4.74 Å². The second kappa shape index (κ2) is 8.21. The van der Waals surface area contributed by atoms with Crippen LogP contribution >= 0.6 is 0 Å². The molecule has 0 spiro atoms. The van der Waals surface area contributed by atoms with E-state index in [1.807, 2.05) is 0 Å². The van der Waals surface area contributed by atoms with Crippen LogP contribution in [0.2, 0.25) is 0 Å². The Hall–Kier alpha value is -4.79. The minimum Gasteiger partial charge on any atom is -0.497 e. The third-order valence-electron chi connectivity index (χ3n) is 5.96. The molecule has 0 saturated carbocycles. The van der Waals surface area contributed by atoms with Gasteiger partial charge in [-0.1, -0.05) is 0 Å². The number of ketones is 2. The lowest BCUT2D eigenvalue weighted by atomic mass is 10.0. The number of pyridine rings is 2. The molecule has 174 valence electrons. The summed E-state index contributed by atoms with van der Waals surface area (Å²) >= 11 is 0. The standard InChI is InChI=1S/C26H18N2O7/c1-33-14-8-6-13(7-9-14)23(29)22-19(26(32)35-3)18(25(31)34-2)17-11-10-16-21(28(17)22)20-15(24(16)30)5-4-12-27-20/h4-12H,1-3H3. The molecule has 9 nitrogen and oxygen atoms in total. The molecule has 3 aromatic heterocycles. The second-order valence-electron chi connectivity index (χ2n) is 7.68. The fourth-order valence-corrected chi connectivity index (χ4v) is 4.38. The van der Waals surface area contributed by atoms with Gasteiger partial charge in [-0.25, -0.2) is 9.59 Å². The van der Waals surface area contributed by atoms with Crippen LogP contribution in [0.4, 0.5) is 0 Å². The largest absolute Gasteiger partial charge is 0.497 e. The van der Waals surface area contributed by atoms with Gasteiger partial charge in [-0.05, 0) is 48.5 Å². The predicted octanol–water partition coefficient (Wildman–Crippen LogP) is 3.36. The first-order valence-corrected chi connectivity index (χ1v) is 10.5. The number of carbonyl (C=O) groups is 4. The highest BCUT2D eigenvalue weighted by Crippen LogP contribution is 2.39. The molecule has 0 aliphatic heterocycles. The summed E-state index contributed by atoms with van der Waals surface area (Å²) in [6.07, 6.45) is 1.52. The molecule has 0 radical (unpaired) electrons. The Balaban J connectivity index is 1.94. The summed E-state index contributed by atoms with van der Waals surface area (Å²) in [6, 6.07) is 12.6. The number of benzene rings is 1. The van der Waals surface area contributed by atoms with Crippen molar-refractivity contribution >= 4 is 29.0 Å². The normalized spacial score (nSPS) is 11.7. The summed E-state index contributed by atoms with van der Waals surface area (Å²) in [6.45, 7) is 0. The number of ether oxygens (including phenoxy) is 3. The molecule has 0 atom stereocenters. The monoisotopic (exact) mass is 470 g/mol. The number of rotatable bonds is 5. The number of carbonyl (C=O) groups excluding carboxylic acids is 4. The Kier molecular flexibility index (Phi) is 5.17. The van der Waals surface area contributed by atoms with Crippen LogP contribution in [-0.2, 0) is 9.47 Å². The van der Waals surface area contributed by atoms with E-state index in [0.717, 1.165) is 7.11 Å². The Morgan fingerprint density at radius 3 is 2.17 bits per heavy atom. The van der Waals surface area contributed by atoms with Gasteiger partial charge in [0, 0.05) is 17.3 Å². The second-order valence-corrected chi connectivity index (χ2v) is 7.68. The van der Waals surface area contributed by atoms with Gasteiger partial charge in [0.05, 0.1) is 43.8 Å². The van der Waals surface area contributed by atoms with Gasteiger partial charge in [-0.2, -0.15) is 0 Å². The molecule has 5 rings (SSSR count). The van der Waals surface area contributed by atoms with Gasteiger partial charge < -0.3 is 18.6 Å². The Morgan fingerprint density at radius 2 is 1.51 bits per heavy atom. The van der Waals surface area contributed by atoms with Gasteiger partial charge in [0.15, 0.2) is 5.78 Å². The van der Waals surface area contributed by atoms with E-state index in [4.69, 9.17) is 14.2 Å². The maximum absolute atomic E-state index is 13.9. The van der Waals surface area contributed by atoms with Crippen molar-refractivity contribution in [3.8, 4) is 17.1 Å². The van der Waals surface area contributed by atoms with E-state index in [9.17, 15) is 19.2 Å². The minimum absolute atomic E-state index is 0.138. The number of methoxy groups -OCH3 is 3. The number of fused-ring (bicyclic) bond motifs is 5. The van der Waals surface area contributed by atoms with E-state index >= 15 is 0 Å². The summed E-state index contributed by atoms with van der Waals surface area (Å²) in [7, 11) is 3.82. The van der Waals surface area contributed by atoms with E-state index in [1.165, 1.54) is 30.9 Å². The van der Waals surface area contributed by atoms with E-state index in [-0.39, 0.29) is 39.2 Å². The number of esters is 2. The third-order valence-corrected chi connectivity index (χ3v) is 5.96. The van der Waals surface area contributed by atoms with Crippen molar-refractivity contribution in [3.63, 3.8) is 0 Å². The lowest BCUT2D eigenvalue weighted by Crippen LogP contribution is -2.15. The Bertz CT molecular complexity index is 1570. The average molecular weight is 470 g/mol. The van der Waals surface area contributed by atoms with Gasteiger partial charge >= 0.3 is 11.9 Å². The van der Waals surface area contributed by atoms with Crippen molar-refractivity contribution in [2.75, 3.05) is 21.3 Å². The van der Waals surface area contributed by atoms with Crippen molar-refractivity contribution in [2.24, 2.45) is 0 Å². The first kappa shape index (κ1) is 22.0. The molecule has 0 N–H and O–H groups in total. The van der Waals surface area contributed by atoms with E-state index in [2.05, 4.69) is 4.98 Å². The maximum Gasteiger partial charge on any atom is 0.341 e. The maximum atomic E-state index is 13.9. The lowest BCUT2D eigenvalue weighted by molar-refractivity contribution is 0.0556. The zero-order valence-electron chi connectivity index (χ0n) is 18.9. The van der Waals surface area contributed by atoms with Crippen molar-refractivity contribution in [1.29, 1.82) is 0 Å². The first-order chi connectivity index (χ1) is 16.9. The molecule has 3 heterocycles. The SMILES string of the molecule is COC(=O)c1c(C(=O)OC)c2ccc3c(n2c1C(=O)c1ccc(OC)cc1)-c1ncccc1C3=O. The summed E-state index contributed by atoms with van der Waals surface area (Å²) in [5.41, 5.74) is 1.18. The molecule has 35 heavy (non-hydrogen) atoms. The molecule has 9 heteroatoms. The topological polar surface area (TPSA) is 113 Å². The number of hydrogen-bond acceptors (Lipinski definition) is 8. The highest BCUT2D eigenvalue weighted by Gasteiger charge is 2.38. The molecule has 0 amide bonds. The van der Waals surface area contributed by atoms with E-state index in [1.54, 1.807) is 42.5 Å². The van der Waals surface area contributed by atoms with Crippen molar-refractivity contribution in [1.82, 2.24) is 9.38 Å².